The fraction of sp³-hybridized carbons (Fsp3) is 0.400. The Morgan fingerprint density at radius 2 is 1.95 bits per heavy atom. The highest BCUT2D eigenvalue weighted by Crippen LogP contribution is 2.26. The van der Waals surface area contributed by atoms with Crippen molar-refractivity contribution in [1.82, 2.24) is 10.3 Å². The second kappa shape index (κ2) is 7.41. The van der Waals surface area contributed by atoms with Crippen LogP contribution >= 0.6 is 34.5 Å². The number of nitrogens with zero attached hydrogens (tertiary/aromatic N) is 1. The molecule has 0 radical (unpaired) electrons. The number of nitrogens with one attached hydrogen (secondary N) is 1. The average molecular weight is 329 g/mol. The lowest BCUT2D eigenvalue weighted by Crippen LogP contribution is -2.24. The third kappa shape index (κ3) is 4.45. The molecule has 1 unspecified atom stereocenters. The summed E-state index contributed by atoms with van der Waals surface area (Å²) in [6.45, 7) is 5.13. The molecule has 0 aliphatic rings. The molecule has 0 aliphatic heterocycles. The SMILES string of the molecule is CCCNC(Cc1nc(C)cs1)c1cc(Cl)cc(Cl)c1. The van der Waals surface area contributed by atoms with Crippen LogP contribution in [0.1, 0.15) is 35.7 Å². The van der Waals surface area contributed by atoms with Gasteiger partial charge >= 0.3 is 0 Å². The maximum atomic E-state index is 6.11. The van der Waals surface area contributed by atoms with Crippen molar-refractivity contribution in [3.05, 3.63) is 49.9 Å². The molecule has 0 aliphatic carbocycles. The molecule has 0 amide bonds. The van der Waals surface area contributed by atoms with Gasteiger partial charge in [-0.3, -0.25) is 0 Å². The highest BCUT2D eigenvalue weighted by atomic mass is 35.5. The summed E-state index contributed by atoms with van der Waals surface area (Å²) in [6.07, 6.45) is 1.94. The minimum absolute atomic E-state index is 0.191. The van der Waals surface area contributed by atoms with Gasteiger partial charge in [-0.25, -0.2) is 4.98 Å². The minimum Gasteiger partial charge on any atom is -0.310 e. The van der Waals surface area contributed by atoms with Crippen molar-refractivity contribution in [2.75, 3.05) is 6.54 Å². The summed E-state index contributed by atoms with van der Waals surface area (Å²) in [5.74, 6) is 0. The van der Waals surface area contributed by atoms with Crippen molar-refractivity contribution >= 4 is 34.5 Å². The molecule has 20 heavy (non-hydrogen) atoms. The van der Waals surface area contributed by atoms with E-state index < -0.39 is 0 Å². The molecule has 0 saturated carbocycles. The van der Waals surface area contributed by atoms with Gasteiger partial charge in [0.1, 0.15) is 0 Å². The molecule has 1 atom stereocenters. The Balaban J connectivity index is 2.21. The van der Waals surface area contributed by atoms with Gasteiger partial charge in [-0.2, -0.15) is 0 Å². The second-order valence-corrected chi connectivity index (χ2v) is 6.61. The van der Waals surface area contributed by atoms with Crippen molar-refractivity contribution in [2.45, 2.75) is 32.7 Å². The first-order valence-corrected chi connectivity index (χ1v) is 8.32. The monoisotopic (exact) mass is 328 g/mol. The highest BCUT2D eigenvalue weighted by molar-refractivity contribution is 7.09. The summed E-state index contributed by atoms with van der Waals surface area (Å²) in [7, 11) is 0. The van der Waals surface area contributed by atoms with Crippen LogP contribution in [0.4, 0.5) is 0 Å². The predicted octanol–water partition coefficient (Wildman–Crippen LogP) is 5.04. The maximum absolute atomic E-state index is 6.11. The molecule has 0 bridgehead atoms. The molecule has 0 fully saturated rings. The molecular weight excluding hydrogens is 311 g/mol. The van der Waals surface area contributed by atoms with Crippen molar-refractivity contribution < 1.29 is 0 Å². The third-order valence-corrected chi connectivity index (χ3v) is 4.40. The Kier molecular flexibility index (Phi) is 5.85. The topological polar surface area (TPSA) is 24.9 Å². The molecule has 2 aromatic rings. The van der Waals surface area contributed by atoms with E-state index in [0.717, 1.165) is 35.7 Å². The molecule has 108 valence electrons. The number of halogens is 2. The van der Waals surface area contributed by atoms with Gasteiger partial charge in [0.25, 0.3) is 0 Å². The number of rotatable bonds is 6. The van der Waals surface area contributed by atoms with Crippen LogP contribution in [0.25, 0.3) is 0 Å². The van der Waals surface area contributed by atoms with Gasteiger partial charge in [0.15, 0.2) is 0 Å². The fourth-order valence-electron chi connectivity index (χ4n) is 2.07. The molecular formula is C15H18Cl2N2S. The van der Waals surface area contributed by atoms with Crippen LogP contribution in [0.2, 0.25) is 10.0 Å². The van der Waals surface area contributed by atoms with Crippen LogP contribution in [-0.4, -0.2) is 11.5 Å². The van der Waals surface area contributed by atoms with Gasteiger partial charge < -0.3 is 5.32 Å². The summed E-state index contributed by atoms with van der Waals surface area (Å²) in [5, 5.41) is 8.10. The van der Waals surface area contributed by atoms with E-state index in [4.69, 9.17) is 23.2 Å². The Labute approximate surface area is 134 Å². The zero-order chi connectivity index (χ0) is 14.5. The standard InChI is InChI=1S/C15H18Cl2N2S/c1-3-4-18-14(8-15-19-10(2)9-20-15)11-5-12(16)7-13(17)6-11/h5-7,9,14,18H,3-4,8H2,1-2H3. The highest BCUT2D eigenvalue weighted by Gasteiger charge is 2.15. The van der Waals surface area contributed by atoms with Crippen LogP contribution in [0.3, 0.4) is 0 Å². The van der Waals surface area contributed by atoms with Gasteiger partial charge in [0.05, 0.1) is 5.01 Å². The zero-order valence-electron chi connectivity index (χ0n) is 11.6. The van der Waals surface area contributed by atoms with Crippen LogP contribution in [0, 0.1) is 6.92 Å². The first kappa shape index (κ1) is 15.8. The van der Waals surface area contributed by atoms with E-state index >= 15 is 0 Å². The van der Waals surface area contributed by atoms with E-state index in [2.05, 4.69) is 22.6 Å². The van der Waals surface area contributed by atoms with E-state index in [0.29, 0.717) is 10.0 Å². The molecule has 1 N–H and O–H groups in total. The van der Waals surface area contributed by atoms with E-state index in [1.807, 2.05) is 19.1 Å². The molecule has 1 heterocycles. The number of benzene rings is 1. The molecule has 1 aromatic heterocycles. The molecule has 0 spiro atoms. The number of aromatic nitrogens is 1. The maximum Gasteiger partial charge on any atom is 0.0947 e. The predicted molar refractivity (Wildman–Crippen MR) is 88.1 cm³/mol. The van der Waals surface area contributed by atoms with Crippen molar-refractivity contribution in [3.63, 3.8) is 0 Å². The van der Waals surface area contributed by atoms with Crippen molar-refractivity contribution in [2.24, 2.45) is 0 Å². The third-order valence-electron chi connectivity index (χ3n) is 2.97. The summed E-state index contributed by atoms with van der Waals surface area (Å²) in [4.78, 5) is 4.54. The Hall–Kier alpha value is -0.610. The Morgan fingerprint density at radius 3 is 2.50 bits per heavy atom. The van der Waals surface area contributed by atoms with E-state index in [9.17, 15) is 0 Å². The number of aryl methyl sites for hydroxylation is 1. The largest absolute Gasteiger partial charge is 0.310 e. The fourth-order valence-corrected chi connectivity index (χ4v) is 3.44. The van der Waals surface area contributed by atoms with Crippen LogP contribution in [0.15, 0.2) is 23.6 Å². The quantitative estimate of drug-likeness (QED) is 0.803. The lowest BCUT2D eigenvalue weighted by atomic mass is 10.0. The summed E-state index contributed by atoms with van der Waals surface area (Å²) in [6, 6.07) is 5.90. The molecule has 1 aromatic carbocycles. The summed E-state index contributed by atoms with van der Waals surface area (Å²) in [5.41, 5.74) is 2.19. The lowest BCUT2D eigenvalue weighted by Gasteiger charge is -2.18. The Bertz CT molecular complexity index is 549. The normalized spacial score (nSPS) is 12.6. The van der Waals surface area contributed by atoms with Gasteiger partial charge in [0, 0.05) is 33.6 Å². The van der Waals surface area contributed by atoms with E-state index in [1.165, 1.54) is 0 Å². The Morgan fingerprint density at radius 1 is 1.25 bits per heavy atom. The van der Waals surface area contributed by atoms with E-state index in [1.54, 1.807) is 17.4 Å². The average Bonchev–Trinajstić information content (AvgIpc) is 2.79. The molecule has 0 saturated heterocycles. The van der Waals surface area contributed by atoms with Gasteiger partial charge in [0.2, 0.25) is 0 Å². The summed E-state index contributed by atoms with van der Waals surface area (Å²) < 4.78 is 0. The van der Waals surface area contributed by atoms with E-state index in [-0.39, 0.29) is 6.04 Å². The van der Waals surface area contributed by atoms with Crippen LogP contribution < -0.4 is 5.32 Å². The number of hydrogen-bond acceptors (Lipinski definition) is 3. The number of thiazole rings is 1. The summed E-state index contributed by atoms with van der Waals surface area (Å²) >= 11 is 13.9. The van der Waals surface area contributed by atoms with Gasteiger partial charge in [-0.1, -0.05) is 30.1 Å². The first-order valence-electron chi connectivity index (χ1n) is 6.69. The van der Waals surface area contributed by atoms with Gasteiger partial charge in [-0.15, -0.1) is 11.3 Å². The van der Waals surface area contributed by atoms with Gasteiger partial charge in [-0.05, 0) is 43.7 Å². The second-order valence-electron chi connectivity index (χ2n) is 4.80. The smallest absolute Gasteiger partial charge is 0.0947 e. The van der Waals surface area contributed by atoms with Crippen LogP contribution in [0.5, 0.6) is 0 Å². The minimum atomic E-state index is 0.191. The molecule has 5 heteroatoms. The molecule has 2 nitrogen and oxygen atoms in total. The number of hydrogen-bond donors (Lipinski definition) is 1. The first-order chi connectivity index (χ1) is 9.58. The van der Waals surface area contributed by atoms with Crippen molar-refractivity contribution in [3.8, 4) is 0 Å². The van der Waals surface area contributed by atoms with Crippen LogP contribution in [-0.2, 0) is 6.42 Å². The zero-order valence-corrected chi connectivity index (χ0v) is 13.9. The lowest BCUT2D eigenvalue weighted by molar-refractivity contribution is 0.528. The molecule has 2 rings (SSSR count). The van der Waals surface area contributed by atoms with Crippen molar-refractivity contribution in [1.29, 1.82) is 0 Å².